The summed E-state index contributed by atoms with van der Waals surface area (Å²) >= 11 is 5.94. The first-order valence-corrected chi connectivity index (χ1v) is 12.0. The van der Waals surface area contributed by atoms with E-state index in [1.54, 1.807) is 7.11 Å². The number of benzene rings is 2. The Morgan fingerprint density at radius 3 is 2.13 bits per heavy atom. The molecular weight excluding hydrogens is 408 g/mol. The lowest BCUT2D eigenvalue weighted by molar-refractivity contribution is 0.261. The molecule has 0 aliphatic rings. The number of methoxy groups -OCH3 is 1. The lowest BCUT2D eigenvalue weighted by Crippen LogP contribution is -2.29. The van der Waals surface area contributed by atoms with Crippen LogP contribution in [0.4, 0.5) is 0 Å². The van der Waals surface area contributed by atoms with Crippen LogP contribution in [0.15, 0.2) is 42.5 Å². The van der Waals surface area contributed by atoms with E-state index in [1.165, 1.54) is 57.3 Å². The van der Waals surface area contributed by atoms with Crippen molar-refractivity contribution in [1.82, 2.24) is 10.2 Å². The molecule has 2 aromatic carbocycles. The lowest BCUT2D eigenvalue weighted by Gasteiger charge is -2.22. The Hall–Kier alpha value is -1.75. The Labute approximate surface area is 193 Å². The molecule has 0 spiro atoms. The van der Waals surface area contributed by atoms with Crippen molar-refractivity contribution in [1.29, 1.82) is 0 Å². The van der Waals surface area contributed by atoms with Gasteiger partial charge in [0.15, 0.2) is 11.5 Å². The molecule has 0 fully saturated rings. The topological polar surface area (TPSA) is 33.7 Å². The van der Waals surface area contributed by atoms with Gasteiger partial charge in [-0.05, 0) is 80.8 Å². The zero-order valence-electron chi connectivity index (χ0n) is 19.5. The first-order valence-electron chi connectivity index (χ1n) is 11.6. The molecule has 2 aromatic rings. The van der Waals surface area contributed by atoms with E-state index >= 15 is 0 Å². The van der Waals surface area contributed by atoms with Crippen LogP contribution in [0.25, 0.3) is 0 Å². The summed E-state index contributed by atoms with van der Waals surface area (Å²) < 4.78 is 11.5. The van der Waals surface area contributed by atoms with Crippen molar-refractivity contribution < 1.29 is 9.47 Å². The zero-order valence-corrected chi connectivity index (χ0v) is 20.2. The summed E-state index contributed by atoms with van der Waals surface area (Å²) in [7, 11) is 1.68. The van der Waals surface area contributed by atoms with Crippen LogP contribution in [0, 0.1) is 0 Å². The molecule has 0 aromatic heterocycles. The molecule has 0 saturated carbocycles. The number of ether oxygens (including phenoxy) is 2. The van der Waals surface area contributed by atoms with Crippen molar-refractivity contribution in [3.63, 3.8) is 0 Å². The highest BCUT2D eigenvalue weighted by atomic mass is 35.5. The van der Waals surface area contributed by atoms with E-state index in [9.17, 15) is 0 Å². The highest BCUT2D eigenvalue weighted by Gasteiger charge is 2.07. The van der Waals surface area contributed by atoms with Crippen molar-refractivity contribution in [2.45, 2.75) is 59.1 Å². The Morgan fingerprint density at radius 2 is 1.48 bits per heavy atom. The van der Waals surface area contributed by atoms with Crippen molar-refractivity contribution in [3.05, 3.63) is 58.6 Å². The maximum Gasteiger partial charge on any atom is 0.161 e. The Bertz CT molecular complexity index is 729. The third-order valence-corrected chi connectivity index (χ3v) is 5.60. The zero-order chi connectivity index (χ0) is 22.3. The molecular formula is C26H39ClN2O2. The molecule has 0 aliphatic carbocycles. The maximum atomic E-state index is 5.95. The third kappa shape index (κ3) is 9.94. The minimum Gasteiger partial charge on any atom is -0.493 e. The fraction of sp³-hybridized carbons (Fsp3) is 0.538. The average Bonchev–Trinajstić information content (AvgIpc) is 2.80. The minimum atomic E-state index is 0.484. The normalized spacial score (nSPS) is 11.1. The van der Waals surface area contributed by atoms with Crippen LogP contribution in [-0.2, 0) is 13.2 Å². The monoisotopic (exact) mass is 446 g/mol. The molecule has 0 aliphatic heterocycles. The van der Waals surface area contributed by atoms with Gasteiger partial charge in [-0.1, -0.05) is 56.5 Å². The van der Waals surface area contributed by atoms with Gasteiger partial charge in [-0.2, -0.15) is 0 Å². The summed E-state index contributed by atoms with van der Waals surface area (Å²) in [5.41, 5.74) is 2.27. The predicted molar refractivity (Wildman–Crippen MR) is 131 cm³/mol. The first kappa shape index (κ1) is 25.5. The molecule has 0 heterocycles. The summed E-state index contributed by atoms with van der Waals surface area (Å²) in [6.45, 7) is 10.5. The summed E-state index contributed by atoms with van der Waals surface area (Å²) in [5.74, 6) is 1.52. The Morgan fingerprint density at radius 1 is 0.839 bits per heavy atom. The molecule has 0 unspecified atom stereocenters. The second-order valence-corrected chi connectivity index (χ2v) is 8.42. The first-order chi connectivity index (χ1) is 15.2. The van der Waals surface area contributed by atoms with E-state index in [0.717, 1.165) is 35.2 Å². The summed E-state index contributed by atoms with van der Waals surface area (Å²) in [4.78, 5) is 2.62. The SMILES string of the molecule is CCCCN(CCCC)CCCNCc1ccc(OCc2ccc(Cl)cc2)c(OC)c1. The van der Waals surface area contributed by atoms with Gasteiger partial charge in [-0.3, -0.25) is 0 Å². The fourth-order valence-corrected chi connectivity index (χ4v) is 3.57. The van der Waals surface area contributed by atoms with Gasteiger partial charge < -0.3 is 19.7 Å². The van der Waals surface area contributed by atoms with Crippen LogP contribution < -0.4 is 14.8 Å². The maximum absolute atomic E-state index is 5.95. The molecule has 172 valence electrons. The molecule has 0 atom stereocenters. The smallest absolute Gasteiger partial charge is 0.161 e. The lowest BCUT2D eigenvalue weighted by atomic mass is 10.2. The molecule has 1 N–H and O–H groups in total. The highest BCUT2D eigenvalue weighted by Crippen LogP contribution is 2.29. The fourth-order valence-electron chi connectivity index (χ4n) is 3.44. The summed E-state index contributed by atoms with van der Waals surface area (Å²) in [6.07, 6.45) is 6.30. The van der Waals surface area contributed by atoms with E-state index in [-0.39, 0.29) is 0 Å². The largest absolute Gasteiger partial charge is 0.493 e. The molecule has 0 saturated heterocycles. The van der Waals surface area contributed by atoms with Crippen molar-refractivity contribution in [2.24, 2.45) is 0 Å². The summed E-state index contributed by atoms with van der Waals surface area (Å²) in [5, 5.41) is 4.30. The van der Waals surface area contributed by atoms with Crippen molar-refractivity contribution in [3.8, 4) is 11.5 Å². The van der Waals surface area contributed by atoms with Crippen LogP contribution in [0.1, 0.15) is 57.1 Å². The average molecular weight is 447 g/mol. The van der Waals surface area contributed by atoms with Gasteiger partial charge in [0.05, 0.1) is 7.11 Å². The molecule has 0 radical (unpaired) electrons. The quantitative estimate of drug-likeness (QED) is 0.306. The van der Waals surface area contributed by atoms with Gasteiger partial charge >= 0.3 is 0 Å². The van der Waals surface area contributed by atoms with Crippen molar-refractivity contribution in [2.75, 3.05) is 33.3 Å². The van der Waals surface area contributed by atoms with Crippen LogP contribution in [0.5, 0.6) is 11.5 Å². The van der Waals surface area contributed by atoms with Crippen LogP contribution in [-0.4, -0.2) is 38.2 Å². The number of hydrogen-bond acceptors (Lipinski definition) is 4. The summed E-state index contributed by atoms with van der Waals surface area (Å²) in [6, 6.07) is 13.8. The Balaban J connectivity index is 1.75. The number of nitrogens with one attached hydrogen (secondary N) is 1. The van der Waals surface area contributed by atoms with Crippen LogP contribution in [0.2, 0.25) is 5.02 Å². The third-order valence-electron chi connectivity index (χ3n) is 5.35. The molecule has 31 heavy (non-hydrogen) atoms. The van der Waals surface area contributed by atoms with Gasteiger partial charge in [0.2, 0.25) is 0 Å². The minimum absolute atomic E-state index is 0.484. The van der Waals surface area contributed by atoms with E-state index in [2.05, 4.69) is 36.2 Å². The van der Waals surface area contributed by atoms with Crippen LogP contribution >= 0.6 is 11.6 Å². The number of nitrogens with zero attached hydrogens (tertiary/aromatic N) is 1. The van der Waals surface area contributed by atoms with Gasteiger partial charge in [-0.25, -0.2) is 0 Å². The molecule has 0 bridgehead atoms. The van der Waals surface area contributed by atoms with Gasteiger partial charge in [0, 0.05) is 11.6 Å². The second kappa shape index (κ2) is 15.1. The molecule has 0 amide bonds. The number of rotatable bonds is 16. The van der Waals surface area contributed by atoms with E-state index < -0.39 is 0 Å². The highest BCUT2D eigenvalue weighted by molar-refractivity contribution is 6.30. The number of unbranched alkanes of at least 4 members (excludes halogenated alkanes) is 2. The van der Waals surface area contributed by atoms with Gasteiger partial charge in [0.1, 0.15) is 6.61 Å². The predicted octanol–water partition coefficient (Wildman–Crippen LogP) is 6.31. The van der Waals surface area contributed by atoms with E-state index in [4.69, 9.17) is 21.1 Å². The van der Waals surface area contributed by atoms with E-state index in [1.807, 2.05) is 30.3 Å². The molecule has 4 nitrogen and oxygen atoms in total. The number of hydrogen-bond donors (Lipinski definition) is 1. The molecule has 2 rings (SSSR count). The standard InChI is InChI=1S/C26H39ClN2O2/c1-4-6-16-29(17-7-5-2)18-8-15-28-20-23-11-14-25(26(19-23)30-3)31-21-22-9-12-24(27)13-10-22/h9-14,19,28H,4-8,15-18,20-21H2,1-3H3. The van der Waals surface area contributed by atoms with Gasteiger partial charge in [-0.15, -0.1) is 0 Å². The van der Waals surface area contributed by atoms with Crippen LogP contribution in [0.3, 0.4) is 0 Å². The van der Waals surface area contributed by atoms with Gasteiger partial charge in [0.25, 0.3) is 0 Å². The Kier molecular flexibility index (Phi) is 12.4. The molecule has 5 heteroatoms. The van der Waals surface area contributed by atoms with Crippen molar-refractivity contribution >= 4 is 11.6 Å². The number of halogens is 1. The van der Waals surface area contributed by atoms with E-state index in [0.29, 0.717) is 6.61 Å². The second-order valence-electron chi connectivity index (χ2n) is 7.98.